The van der Waals surface area contributed by atoms with Crippen molar-refractivity contribution in [2.24, 2.45) is 5.73 Å². The fraction of sp³-hybridized carbons (Fsp3) is 0.455. The van der Waals surface area contributed by atoms with Gasteiger partial charge < -0.3 is 11.1 Å². The van der Waals surface area contributed by atoms with Gasteiger partial charge in [-0.25, -0.2) is 4.39 Å². The summed E-state index contributed by atoms with van der Waals surface area (Å²) in [5.74, 6) is -1.25. The molecule has 0 aromatic heterocycles. The van der Waals surface area contributed by atoms with Crippen LogP contribution in [0.3, 0.4) is 0 Å². The van der Waals surface area contributed by atoms with Gasteiger partial charge in [0.15, 0.2) is 0 Å². The van der Waals surface area contributed by atoms with E-state index in [0.29, 0.717) is 18.7 Å². The summed E-state index contributed by atoms with van der Waals surface area (Å²) in [4.78, 5) is 0. The number of benzene rings is 1. The third kappa shape index (κ3) is 4.32. The fourth-order valence-electron chi connectivity index (χ4n) is 1.36. The molecule has 1 aromatic carbocycles. The summed E-state index contributed by atoms with van der Waals surface area (Å²) in [6.45, 7) is 1.41. The number of rotatable bonds is 5. The maximum atomic E-state index is 13.0. The van der Waals surface area contributed by atoms with Crippen molar-refractivity contribution in [1.29, 1.82) is 0 Å². The molecular weight excluding hydrogens is 236 g/mol. The van der Waals surface area contributed by atoms with Crippen molar-refractivity contribution in [3.8, 4) is 0 Å². The number of alkyl halides is 3. The molecule has 0 saturated heterocycles. The van der Waals surface area contributed by atoms with E-state index in [2.05, 4.69) is 5.32 Å². The molecule has 3 N–H and O–H groups in total. The molecule has 0 aliphatic heterocycles. The van der Waals surface area contributed by atoms with Crippen LogP contribution in [0.2, 0.25) is 0 Å². The van der Waals surface area contributed by atoms with E-state index >= 15 is 0 Å². The highest BCUT2D eigenvalue weighted by molar-refractivity contribution is 5.27. The van der Waals surface area contributed by atoms with Crippen molar-refractivity contribution < 1.29 is 17.6 Å². The van der Waals surface area contributed by atoms with Crippen LogP contribution in [-0.2, 0) is 12.7 Å². The van der Waals surface area contributed by atoms with Crippen LogP contribution in [0.25, 0.3) is 0 Å². The van der Waals surface area contributed by atoms with Crippen LogP contribution in [0, 0.1) is 5.82 Å². The molecule has 0 amide bonds. The molecule has 0 fully saturated rings. The Hall–Kier alpha value is -1.14. The Labute approximate surface area is 96.8 Å². The van der Waals surface area contributed by atoms with Crippen LogP contribution in [-0.4, -0.2) is 13.1 Å². The Balaban J connectivity index is 2.69. The van der Waals surface area contributed by atoms with Crippen LogP contribution < -0.4 is 11.1 Å². The van der Waals surface area contributed by atoms with Crippen LogP contribution in [0.1, 0.15) is 17.5 Å². The molecule has 0 aliphatic rings. The quantitative estimate of drug-likeness (QED) is 0.621. The van der Waals surface area contributed by atoms with Gasteiger partial charge in [-0.3, -0.25) is 0 Å². The van der Waals surface area contributed by atoms with Crippen LogP contribution >= 0.6 is 0 Å². The lowest BCUT2D eigenvalue weighted by Crippen LogP contribution is -2.18. The molecule has 0 spiro atoms. The Morgan fingerprint density at radius 2 is 1.94 bits per heavy atom. The van der Waals surface area contributed by atoms with Gasteiger partial charge in [-0.05, 0) is 37.2 Å². The molecule has 0 bridgehead atoms. The largest absolute Gasteiger partial charge is 0.419 e. The SMILES string of the molecule is NCCCNCc1ccc(F)c(C(F)(F)F)c1. The molecular formula is C11H14F4N2. The second kappa shape index (κ2) is 5.97. The summed E-state index contributed by atoms with van der Waals surface area (Å²) in [6.07, 6.45) is -3.91. The molecule has 0 heterocycles. The van der Waals surface area contributed by atoms with Gasteiger partial charge in [0.05, 0.1) is 5.56 Å². The molecule has 1 aromatic rings. The second-order valence-electron chi connectivity index (χ2n) is 3.63. The number of nitrogens with one attached hydrogen (secondary N) is 1. The minimum Gasteiger partial charge on any atom is -0.330 e. The molecule has 1 rings (SSSR count). The zero-order valence-corrected chi connectivity index (χ0v) is 9.15. The van der Waals surface area contributed by atoms with Gasteiger partial charge in [-0.1, -0.05) is 6.07 Å². The molecule has 0 radical (unpaired) electrons. The van der Waals surface area contributed by atoms with E-state index in [4.69, 9.17) is 5.73 Å². The topological polar surface area (TPSA) is 38.0 Å². The van der Waals surface area contributed by atoms with Gasteiger partial charge in [-0.15, -0.1) is 0 Å². The first kappa shape index (κ1) is 13.9. The first-order valence-corrected chi connectivity index (χ1v) is 5.21. The molecule has 17 heavy (non-hydrogen) atoms. The van der Waals surface area contributed by atoms with Gasteiger partial charge >= 0.3 is 6.18 Å². The molecule has 0 atom stereocenters. The molecule has 2 nitrogen and oxygen atoms in total. The fourth-order valence-corrected chi connectivity index (χ4v) is 1.36. The minimum absolute atomic E-state index is 0.267. The zero-order chi connectivity index (χ0) is 12.9. The number of nitrogens with two attached hydrogens (primary N) is 1. The Kier molecular flexibility index (Phi) is 4.89. The van der Waals surface area contributed by atoms with Crippen LogP contribution in [0.15, 0.2) is 18.2 Å². The maximum Gasteiger partial charge on any atom is 0.419 e. The van der Waals surface area contributed by atoms with E-state index in [1.807, 2.05) is 0 Å². The van der Waals surface area contributed by atoms with Crippen molar-refractivity contribution in [3.05, 3.63) is 35.1 Å². The summed E-state index contributed by atoms with van der Waals surface area (Å²) in [7, 11) is 0. The standard InChI is InChI=1S/C11H14F4N2/c12-10-3-2-8(7-17-5-1-4-16)6-9(10)11(13,14)15/h2-3,6,17H,1,4-5,7,16H2. The highest BCUT2D eigenvalue weighted by Crippen LogP contribution is 2.31. The van der Waals surface area contributed by atoms with Crippen LogP contribution in [0.5, 0.6) is 0 Å². The second-order valence-corrected chi connectivity index (χ2v) is 3.63. The highest BCUT2D eigenvalue weighted by Gasteiger charge is 2.34. The Morgan fingerprint density at radius 1 is 1.24 bits per heavy atom. The first-order chi connectivity index (χ1) is 7.95. The normalized spacial score (nSPS) is 11.8. The predicted octanol–water partition coefficient (Wildman–Crippen LogP) is 2.28. The highest BCUT2D eigenvalue weighted by atomic mass is 19.4. The Morgan fingerprint density at radius 3 is 2.53 bits per heavy atom. The molecule has 96 valence electrons. The van der Waals surface area contributed by atoms with Crippen molar-refractivity contribution >= 4 is 0 Å². The number of halogens is 4. The van der Waals surface area contributed by atoms with E-state index < -0.39 is 17.6 Å². The van der Waals surface area contributed by atoms with E-state index in [1.165, 1.54) is 6.07 Å². The average molecular weight is 250 g/mol. The summed E-state index contributed by atoms with van der Waals surface area (Å²) in [6, 6.07) is 2.99. The van der Waals surface area contributed by atoms with Crippen molar-refractivity contribution in [1.82, 2.24) is 5.32 Å². The van der Waals surface area contributed by atoms with Crippen molar-refractivity contribution in [2.75, 3.05) is 13.1 Å². The molecule has 0 aliphatic carbocycles. The maximum absolute atomic E-state index is 13.0. The van der Waals surface area contributed by atoms with Gasteiger partial charge in [0.25, 0.3) is 0 Å². The third-order valence-corrected chi connectivity index (χ3v) is 2.22. The van der Waals surface area contributed by atoms with E-state index in [-0.39, 0.29) is 6.54 Å². The summed E-state index contributed by atoms with van der Waals surface area (Å²) in [5.41, 5.74) is 4.44. The zero-order valence-electron chi connectivity index (χ0n) is 9.15. The molecule has 6 heteroatoms. The van der Waals surface area contributed by atoms with E-state index in [9.17, 15) is 17.6 Å². The summed E-state index contributed by atoms with van der Waals surface area (Å²) < 4.78 is 50.1. The predicted molar refractivity (Wildman–Crippen MR) is 56.8 cm³/mol. The van der Waals surface area contributed by atoms with E-state index in [1.54, 1.807) is 0 Å². The lowest BCUT2D eigenvalue weighted by atomic mass is 10.1. The minimum atomic E-state index is -4.66. The molecule has 0 unspecified atom stereocenters. The third-order valence-electron chi connectivity index (χ3n) is 2.22. The lowest BCUT2D eigenvalue weighted by Gasteiger charge is -2.10. The summed E-state index contributed by atoms with van der Waals surface area (Å²) in [5, 5.41) is 2.93. The number of hydrogen-bond donors (Lipinski definition) is 2. The Bertz CT molecular complexity index is 363. The van der Waals surface area contributed by atoms with Gasteiger partial charge in [0.2, 0.25) is 0 Å². The first-order valence-electron chi connectivity index (χ1n) is 5.21. The van der Waals surface area contributed by atoms with Crippen molar-refractivity contribution in [3.63, 3.8) is 0 Å². The molecule has 0 saturated carbocycles. The van der Waals surface area contributed by atoms with Gasteiger partial charge in [0.1, 0.15) is 5.82 Å². The van der Waals surface area contributed by atoms with Crippen LogP contribution in [0.4, 0.5) is 17.6 Å². The average Bonchev–Trinajstić information content (AvgIpc) is 2.25. The monoisotopic (exact) mass is 250 g/mol. The lowest BCUT2D eigenvalue weighted by molar-refractivity contribution is -0.140. The van der Waals surface area contributed by atoms with Gasteiger partial charge in [0, 0.05) is 6.54 Å². The van der Waals surface area contributed by atoms with E-state index in [0.717, 1.165) is 18.6 Å². The number of hydrogen-bond acceptors (Lipinski definition) is 2. The smallest absolute Gasteiger partial charge is 0.330 e. The summed E-state index contributed by atoms with van der Waals surface area (Å²) >= 11 is 0. The van der Waals surface area contributed by atoms with Crippen molar-refractivity contribution in [2.45, 2.75) is 19.1 Å². The van der Waals surface area contributed by atoms with Gasteiger partial charge in [-0.2, -0.15) is 13.2 Å².